The van der Waals surface area contributed by atoms with Gasteiger partial charge in [-0.05, 0) is 53.6 Å². The molecule has 152 valence electrons. The van der Waals surface area contributed by atoms with Gasteiger partial charge in [-0.3, -0.25) is 4.79 Å². The van der Waals surface area contributed by atoms with E-state index in [1.54, 1.807) is 24.2 Å². The largest absolute Gasteiger partial charge is 0.370 e. The molecule has 30 heavy (non-hydrogen) atoms. The maximum absolute atomic E-state index is 11.6. The molecular formula is C22H20BrN5O2. The third kappa shape index (κ3) is 4.50. The predicted octanol–water partition coefficient (Wildman–Crippen LogP) is 4.26. The SMILES string of the molecule is CC(=O)Nc1cc(Nc2ncc3cc(Br)ccc3n2)cc(C2=CN(C)C(O)C=C2)c1. The molecule has 0 saturated heterocycles. The molecule has 8 heteroatoms. The summed E-state index contributed by atoms with van der Waals surface area (Å²) in [5.41, 5.74) is 3.99. The van der Waals surface area contributed by atoms with E-state index in [-0.39, 0.29) is 5.91 Å². The van der Waals surface area contributed by atoms with Crippen LogP contribution in [0.4, 0.5) is 17.3 Å². The molecule has 4 rings (SSSR count). The van der Waals surface area contributed by atoms with Crippen molar-refractivity contribution in [3.8, 4) is 0 Å². The number of amides is 1. The van der Waals surface area contributed by atoms with Gasteiger partial charge in [0.15, 0.2) is 0 Å². The van der Waals surface area contributed by atoms with E-state index in [0.29, 0.717) is 11.6 Å². The molecule has 1 unspecified atom stereocenters. The lowest BCUT2D eigenvalue weighted by molar-refractivity contribution is -0.114. The molecule has 1 aliphatic heterocycles. The minimum Gasteiger partial charge on any atom is -0.370 e. The minimum absolute atomic E-state index is 0.161. The number of anilines is 3. The maximum atomic E-state index is 11.6. The van der Waals surface area contributed by atoms with E-state index in [9.17, 15) is 9.90 Å². The first-order chi connectivity index (χ1) is 14.4. The lowest BCUT2D eigenvalue weighted by Gasteiger charge is -2.24. The van der Waals surface area contributed by atoms with Crippen molar-refractivity contribution in [3.63, 3.8) is 0 Å². The van der Waals surface area contributed by atoms with Crippen LogP contribution in [0.5, 0.6) is 0 Å². The van der Waals surface area contributed by atoms with Gasteiger partial charge < -0.3 is 20.6 Å². The van der Waals surface area contributed by atoms with Crippen molar-refractivity contribution in [1.29, 1.82) is 0 Å². The number of aromatic nitrogens is 2. The molecule has 0 saturated carbocycles. The Bertz CT molecular complexity index is 1190. The van der Waals surface area contributed by atoms with E-state index >= 15 is 0 Å². The van der Waals surface area contributed by atoms with E-state index in [0.717, 1.165) is 32.2 Å². The van der Waals surface area contributed by atoms with Crippen LogP contribution in [0, 0.1) is 0 Å². The van der Waals surface area contributed by atoms with Crippen LogP contribution in [-0.2, 0) is 4.79 Å². The van der Waals surface area contributed by atoms with Crippen LogP contribution in [0.3, 0.4) is 0 Å². The Morgan fingerprint density at radius 1 is 1.20 bits per heavy atom. The molecule has 1 aromatic heterocycles. The zero-order chi connectivity index (χ0) is 21.3. The summed E-state index contributed by atoms with van der Waals surface area (Å²) in [5, 5.41) is 16.9. The molecule has 1 amide bonds. The molecular weight excluding hydrogens is 446 g/mol. The van der Waals surface area contributed by atoms with Gasteiger partial charge in [0.05, 0.1) is 5.52 Å². The summed E-state index contributed by atoms with van der Waals surface area (Å²) in [6, 6.07) is 11.5. The molecule has 1 aliphatic rings. The number of benzene rings is 2. The smallest absolute Gasteiger partial charge is 0.227 e. The van der Waals surface area contributed by atoms with Crippen LogP contribution in [0.2, 0.25) is 0 Å². The average molecular weight is 466 g/mol. The Labute approximate surface area is 182 Å². The van der Waals surface area contributed by atoms with Crippen LogP contribution in [0.15, 0.2) is 65.4 Å². The number of nitrogens with zero attached hydrogens (tertiary/aromatic N) is 3. The van der Waals surface area contributed by atoms with Crippen molar-refractivity contribution in [2.75, 3.05) is 17.7 Å². The number of hydrogen-bond donors (Lipinski definition) is 3. The number of hydrogen-bond acceptors (Lipinski definition) is 6. The number of carbonyl (C=O) groups excluding carboxylic acids is 1. The number of halogens is 1. The minimum atomic E-state index is -0.657. The summed E-state index contributed by atoms with van der Waals surface area (Å²) >= 11 is 3.45. The predicted molar refractivity (Wildman–Crippen MR) is 122 cm³/mol. The number of aliphatic hydroxyl groups excluding tert-OH is 1. The zero-order valence-electron chi connectivity index (χ0n) is 16.4. The molecule has 7 nitrogen and oxygen atoms in total. The van der Waals surface area contributed by atoms with Crippen molar-refractivity contribution >= 4 is 55.6 Å². The summed E-state index contributed by atoms with van der Waals surface area (Å²) in [4.78, 5) is 22.3. The molecule has 3 aromatic rings. The number of rotatable bonds is 4. The Morgan fingerprint density at radius 2 is 2.00 bits per heavy atom. The van der Waals surface area contributed by atoms with Gasteiger partial charge in [0.2, 0.25) is 11.9 Å². The lowest BCUT2D eigenvalue weighted by Crippen LogP contribution is -2.26. The first-order valence-electron chi connectivity index (χ1n) is 9.30. The number of fused-ring (bicyclic) bond motifs is 1. The Hall–Kier alpha value is -3.23. The summed E-state index contributed by atoms with van der Waals surface area (Å²) in [5.74, 6) is 0.294. The first-order valence-corrected chi connectivity index (χ1v) is 10.1. The van der Waals surface area contributed by atoms with Crippen LogP contribution < -0.4 is 10.6 Å². The number of aliphatic hydroxyl groups is 1. The molecule has 1 atom stereocenters. The molecule has 0 aliphatic carbocycles. The van der Waals surface area contributed by atoms with Crippen molar-refractivity contribution in [2.45, 2.75) is 13.2 Å². The van der Waals surface area contributed by atoms with E-state index in [1.807, 2.05) is 48.7 Å². The molecule has 3 N–H and O–H groups in total. The fourth-order valence-corrected chi connectivity index (χ4v) is 3.55. The summed E-state index contributed by atoms with van der Waals surface area (Å²) in [7, 11) is 1.80. The van der Waals surface area contributed by atoms with Crippen molar-refractivity contribution in [2.24, 2.45) is 0 Å². The monoisotopic (exact) mass is 465 g/mol. The van der Waals surface area contributed by atoms with Gasteiger partial charge in [-0.2, -0.15) is 0 Å². The quantitative estimate of drug-likeness (QED) is 0.533. The molecule has 2 aromatic carbocycles. The number of likely N-dealkylation sites (N-methyl/N-ethyl adjacent to an activating group) is 1. The van der Waals surface area contributed by atoms with Crippen LogP contribution in [-0.4, -0.2) is 39.2 Å². The number of nitrogens with one attached hydrogen (secondary N) is 2. The van der Waals surface area contributed by atoms with Gasteiger partial charge in [-0.1, -0.05) is 22.0 Å². The second-order valence-corrected chi connectivity index (χ2v) is 7.94. The fraction of sp³-hybridized carbons (Fsp3) is 0.136. The second kappa shape index (κ2) is 8.25. The number of allylic oxidation sites excluding steroid dienone is 2. The van der Waals surface area contributed by atoms with E-state index < -0.39 is 6.23 Å². The van der Waals surface area contributed by atoms with Gasteiger partial charge >= 0.3 is 0 Å². The maximum Gasteiger partial charge on any atom is 0.227 e. The van der Waals surface area contributed by atoms with Gasteiger partial charge in [0.1, 0.15) is 6.23 Å². The standard InChI is InChI=1S/C22H20BrN5O2/c1-13(29)25-18-8-15(14-3-6-21(30)28(2)12-14)9-19(10-18)26-22-24-11-16-7-17(23)4-5-20(16)27-22/h3-12,21,30H,1-2H3,(H,25,29)(H,24,26,27). The van der Waals surface area contributed by atoms with Crippen molar-refractivity contribution in [1.82, 2.24) is 14.9 Å². The second-order valence-electron chi connectivity index (χ2n) is 7.02. The van der Waals surface area contributed by atoms with E-state index in [2.05, 4.69) is 36.5 Å². The number of carbonyl (C=O) groups is 1. The van der Waals surface area contributed by atoms with Crippen LogP contribution in [0.25, 0.3) is 16.5 Å². The summed E-state index contributed by atoms with van der Waals surface area (Å²) in [6.07, 6.45) is 6.52. The van der Waals surface area contributed by atoms with E-state index in [4.69, 9.17) is 0 Å². The van der Waals surface area contributed by atoms with Gasteiger partial charge in [-0.25, -0.2) is 9.97 Å². The fourth-order valence-electron chi connectivity index (χ4n) is 3.17. The van der Waals surface area contributed by atoms with Crippen molar-refractivity contribution < 1.29 is 9.90 Å². The zero-order valence-corrected chi connectivity index (χ0v) is 18.0. The highest BCUT2D eigenvalue weighted by atomic mass is 79.9. The Kier molecular flexibility index (Phi) is 5.52. The Balaban J connectivity index is 1.70. The Morgan fingerprint density at radius 3 is 2.77 bits per heavy atom. The topological polar surface area (TPSA) is 90.4 Å². The van der Waals surface area contributed by atoms with Crippen LogP contribution in [0.1, 0.15) is 12.5 Å². The normalized spacial score (nSPS) is 15.8. The third-order valence-electron chi connectivity index (χ3n) is 4.59. The first kappa shape index (κ1) is 20.1. The highest BCUT2D eigenvalue weighted by Gasteiger charge is 2.13. The summed E-state index contributed by atoms with van der Waals surface area (Å²) in [6.45, 7) is 1.47. The molecule has 2 heterocycles. The van der Waals surface area contributed by atoms with Gasteiger partial charge in [0.25, 0.3) is 0 Å². The van der Waals surface area contributed by atoms with Gasteiger partial charge in [-0.15, -0.1) is 0 Å². The highest BCUT2D eigenvalue weighted by molar-refractivity contribution is 9.10. The van der Waals surface area contributed by atoms with Crippen molar-refractivity contribution in [3.05, 3.63) is 71.0 Å². The molecule has 0 bridgehead atoms. The molecule has 0 spiro atoms. The summed E-state index contributed by atoms with van der Waals surface area (Å²) < 4.78 is 0.968. The highest BCUT2D eigenvalue weighted by Crippen LogP contribution is 2.29. The van der Waals surface area contributed by atoms with Crippen LogP contribution >= 0.6 is 15.9 Å². The molecule has 0 fully saturated rings. The average Bonchev–Trinajstić information content (AvgIpc) is 2.69. The third-order valence-corrected chi connectivity index (χ3v) is 5.09. The molecule has 0 radical (unpaired) electrons. The lowest BCUT2D eigenvalue weighted by atomic mass is 10.0. The van der Waals surface area contributed by atoms with E-state index in [1.165, 1.54) is 6.92 Å². The van der Waals surface area contributed by atoms with Gasteiger partial charge in [0, 0.05) is 47.6 Å².